The van der Waals surface area contributed by atoms with E-state index in [0.717, 1.165) is 44.7 Å². The summed E-state index contributed by atoms with van der Waals surface area (Å²) in [5.74, 6) is 1.38. The van der Waals surface area contributed by atoms with Crippen LogP contribution in [0.15, 0.2) is 24.7 Å². The molecule has 1 fully saturated rings. The second kappa shape index (κ2) is 7.61. The van der Waals surface area contributed by atoms with Crippen molar-refractivity contribution >= 4 is 11.7 Å². The maximum atomic E-state index is 12.3. The minimum Gasteiger partial charge on any atom is -0.310 e. The second-order valence-electron chi connectivity index (χ2n) is 6.49. The summed E-state index contributed by atoms with van der Waals surface area (Å²) in [4.78, 5) is 14.5. The predicted molar refractivity (Wildman–Crippen MR) is 92.8 cm³/mol. The van der Waals surface area contributed by atoms with Gasteiger partial charge in [-0.2, -0.15) is 10.2 Å². The van der Waals surface area contributed by atoms with Gasteiger partial charge in [-0.15, -0.1) is 0 Å². The molecule has 0 aromatic carbocycles. The Morgan fingerprint density at radius 2 is 2.12 bits per heavy atom. The largest absolute Gasteiger partial charge is 0.310 e. The fourth-order valence-electron chi connectivity index (χ4n) is 3.29. The van der Waals surface area contributed by atoms with Crippen LogP contribution in [-0.4, -0.2) is 50.0 Å². The maximum Gasteiger partial charge on any atom is 0.239 e. The number of rotatable bonds is 6. The molecule has 130 valence electrons. The number of carbonyl (C=O) groups is 1. The summed E-state index contributed by atoms with van der Waals surface area (Å²) in [5.41, 5.74) is 1.31. The van der Waals surface area contributed by atoms with Crippen molar-refractivity contribution in [3.63, 3.8) is 0 Å². The number of amides is 1. The molecule has 0 bridgehead atoms. The van der Waals surface area contributed by atoms with Gasteiger partial charge in [-0.05, 0) is 43.8 Å². The van der Waals surface area contributed by atoms with Gasteiger partial charge in [0.2, 0.25) is 5.91 Å². The number of anilines is 1. The SMILES string of the molecule is CCCn1nccc1NC(=O)CN1CCC(c2cnn(C)c2)CC1. The van der Waals surface area contributed by atoms with Crippen LogP contribution in [-0.2, 0) is 18.4 Å². The highest BCUT2D eigenvalue weighted by Gasteiger charge is 2.23. The lowest BCUT2D eigenvalue weighted by molar-refractivity contribution is -0.117. The molecular weight excluding hydrogens is 304 g/mol. The molecule has 1 N–H and O–H groups in total. The van der Waals surface area contributed by atoms with Gasteiger partial charge in [0.1, 0.15) is 5.82 Å². The number of likely N-dealkylation sites (tertiary alicyclic amines) is 1. The van der Waals surface area contributed by atoms with Gasteiger partial charge in [-0.3, -0.25) is 14.4 Å². The molecule has 0 spiro atoms. The Balaban J connectivity index is 1.47. The van der Waals surface area contributed by atoms with Crippen LogP contribution in [0, 0.1) is 0 Å². The molecule has 7 heteroatoms. The van der Waals surface area contributed by atoms with Gasteiger partial charge in [0.25, 0.3) is 0 Å². The van der Waals surface area contributed by atoms with Crippen LogP contribution < -0.4 is 5.32 Å². The number of aryl methyl sites for hydroxylation is 2. The summed E-state index contributed by atoms with van der Waals surface area (Å²) < 4.78 is 3.70. The zero-order valence-corrected chi connectivity index (χ0v) is 14.5. The molecule has 2 aromatic heterocycles. The van der Waals surface area contributed by atoms with Crippen molar-refractivity contribution in [3.05, 3.63) is 30.2 Å². The third kappa shape index (κ3) is 4.03. The molecule has 3 heterocycles. The molecule has 0 radical (unpaired) electrons. The van der Waals surface area contributed by atoms with E-state index < -0.39 is 0 Å². The summed E-state index contributed by atoms with van der Waals surface area (Å²) in [6.07, 6.45) is 8.93. The highest BCUT2D eigenvalue weighted by atomic mass is 16.2. The van der Waals surface area contributed by atoms with Crippen LogP contribution in [0.3, 0.4) is 0 Å². The van der Waals surface area contributed by atoms with Crippen LogP contribution in [0.25, 0.3) is 0 Å². The molecule has 24 heavy (non-hydrogen) atoms. The average molecular weight is 330 g/mol. The Morgan fingerprint density at radius 1 is 1.33 bits per heavy atom. The summed E-state index contributed by atoms with van der Waals surface area (Å²) in [7, 11) is 1.95. The topological polar surface area (TPSA) is 68.0 Å². The Labute approximate surface area is 142 Å². The minimum atomic E-state index is 0.0349. The summed E-state index contributed by atoms with van der Waals surface area (Å²) >= 11 is 0. The average Bonchev–Trinajstić information content (AvgIpc) is 3.18. The van der Waals surface area contributed by atoms with Gasteiger partial charge in [-0.1, -0.05) is 6.92 Å². The Bertz CT molecular complexity index is 668. The summed E-state index contributed by atoms with van der Waals surface area (Å²) in [6, 6.07) is 1.85. The van der Waals surface area contributed by atoms with Crippen molar-refractivity contribution in [2.75, 3.05) is 25.0 Å². The zero-order chi connectivity index (χ0) is 16.9. The standard InChI is InChI=1S/C17H26N6O/c1-3-8-23-16(4-7-18-23)20-17(24)13-22-9-5-14(6-10-22)15-11-19-21(2)12-15/h4,7,11-12,14H,3,5-6,8-10,13H2,1-2H3,(H,20,24). The van der Waals surface area contributed by atoms with E-state index in [1.54, 1.807) is 6.20 Å². The first-order valence-electron chi connectivity index (χ1n) is 8.68. The lowest BCUT2D eigenvalue weighted by Crippen LogP contribution is -2.39. The first-order chi connectivity index (χ1) is 11.7. The van der Waals surface area contributed by atoms with Gasteiger partial charge >= 0.3 is 0 Å². The lowest BCUT2D eigenvalue weighted by Gasteiger charge is -2.30. The van der Waals surface area contributed by atoms with Crippen LogP contribution in [0.1, 0.15) is 37.7 Å². The summed E-state index contributed by atoms with van der Waals surface area (Å²) in [5, 5.41) is 11.5. The highest BCUT2D eigenvalue weighted by molar-refractivity contribution is 5.91. The lowest BCUT2D eigenvalue weighted by atomic mass is 9.91. The van der Waals surface area contributed by atoms with E-state index in [1.807, 2.05) is 28.7 Å². The van der Waals surface area contributed by atoms with E-state index in [-0.39, 0.29) is 5.91 Å². The number of nitrogens with one attached hydrogen (secondary N) is 1. The predicted octanol–water partition coefficient (Wildman–Crippen LogP) is 1.84. The number of hydrogen-bond acceptors (Lipinski definition) is 4. The van der Waals surface area contributed by atoms with E-state index in [2.05, 4.69) is 33.5 Å². The minimum absolute atomic E-state index is 0.0349. The Hall–Kier alpha value is -2.15. The van der Waals surface area contributed by atoms with Crippen molar-refractivity contribution < 1.29 is 4.79 Å². The molecule has 0 atom stereocenters. The number of aromatic nitrogens is 4. The highest BCUT2D eigenvalue weighted by Crippen LogP contribution is 2.27. The monoisotopic (exact) mass is 330 g/mol. The van der Waals surface area contributed by atoms with Gasteiger partial charge in [-0.25, -0.2) is 4.68 Å². The van der Waals surface area contributed by atoms with Crippen LogP contribution in [0.2, 0.25) is 0 Å². The number of carbonyl (C=O) groups excluding carboxylic acids is 1. The quantitative estimate of drug-likeness (QED) is 0.877. The fraction of sp³-hybridized carbons (Fsp3) is 0.588. The smallest absolute Gasteiger partial charge is 0.239 e. The maximum absolute atomic E-state index is 12.3. The third-order valence-electron chi connectivity index (χ3n) is 4.57. The first-order valence-corrected chi connectivity index (χ1v) is 8.68. The molecule has 1 amide bonds. The molecule has 2 aromatic rings. The van der Waals surface area contributed by atoms with Crippen LogP contribution >= 0.6 is 0 Å². The van der Waals surface area contributed by atoms with Gasteiger partial charge in [0.05, 0.1) is 18.9 Å². The van der Waals surface area contributed by atoms with Gasteiger partial charge in [0.15, 0.2) is 0 Å². The van der Waals surface area contributed by atoms with Gasteiger partial charge in [0, 0.05) is 25.9 Å². The Kier molecular flexibility index (Phi) is 5.30. The van der Waals surface area contributed by atoms with Crippen LogP contribution in [0.4, 0.5) is 5.82 Å². The normalized spacial score (nSPS) is 16.4. The van der Waals surface area contributed by atoms with Crippen molar-refractivity contribution in [1.29, 1.82) is 0 Å². The molecule has 1 aliphatic rings. The van der Waals surface area contributed by atoms with Crippen LogP contribution in [0.5, 0.6) is 0 Å². The molecule has 0 aliphatic carbocycles. The van der Waals surface area contributed by atoms with Crippen molar-refractivity contribution in [2.45, 2.75) is 38.6 Å². The molecular formula is C17H26N6O. The van der Waals surface area contributed by atoms with Crippen molar-refractivity contribution in [1.82, 2.24) is 24.5 Å². The van der Waals surface area contributed by atoms with E-state index in [4.69, 9.17) is 0 Å². The molecule has 1 aliphatic heterocycles. The van der Waals surface area contributed by atoms with E-state index in [0.29, 0.717) is 12.5 Å². The number of hydrogen-bond donors (Lipinski definition) is 1. The van der Waals surface area contributed by atoms with E-state index >= 15 is 0 Å². The Morgan fingerprint density at radius 3 is 2.79 bits per heavy atom. The third-order valence-corrected chi connectivity index (χ3v) is 4.57. The first kappa shape index (κ1) is 16.7. The fourth-order valence-corrected chi connectivity index (χ4v) is 3.29. The molecule has 3 rings (SSSR count). The van der Waals surface area contributed by atoms with Crippen molar-refractivity contribution in [3.8, 4) is 0 Å². The molecule has 7 nitrogen and oxygen atoms in total. The van der Waals surface area contributed by atoms with E-state index in [9.17, 15) is 4.79 Å². The zero-order valence-electron chi connectivity index (χ0n) is 14.5. The summed E-state index contributed by atoms with van der Waals surface area (Å²) in [6.45, 7) is 5.25. The number of nitrogens with zero attached hydrogens (tertiary/aromatic N) is 5. The van der Waals surface area contributed by atoms with Crippen molar-refractivity contribution in [2.24, 2.45) is 7.05 Å². The second-order valence-corrected chi connectivity index (χ2v) is 6.49. The van der Waals surface area contributed by atoms with Gasteiger partial charge < -0.3 is 5.32 Å². The molecule has 0 unspecified atom stereocenters. The number of piperidine rings is 1. The van der Waals surface area contributed by atoms with E-state index in [1.165, 1.54) is 5.56 Å². The molecule has 1 saturated heterocycles. The molecule has 0 saturated carbocycles.